The highest BCUT2D eigenvalue weighted by Gasteiger charge is 2.27. The molecule has 1 aliphatic heterocycles. The van der Waals surface area contributed by atoms with Crippen LogP contribution in [0.4, 0.5) is 5.69 Å². The molecule has 1 aromatic heterocycles. The van der Waals surface area contributed by atoms with E-state index in [0.29, 0.717) is 12.5 Å². The summed E-state index contributed by atoms with van der Waals surface area (Å²) in [7, 11) is 0. The molecule has 1 aromatic carbocycles. The number of aromatic amines is 1. The average molecular weight is 394 g/mol. The Bertz CT molecular complexity index is 803. The van der Waals surface area contributed by atoms with Crippen LogP contribution in [0, 0.1) is 0 Å². The molecule has 1 saturated heterocycles. The van der Waals surface area contributed by atoms with Crippen LogP contribution in [0.3, 0.4) is 0 Å². The Labute approximate surface area is 162 Å². The fraction of sp³-hybridized carbons (Fsp3) is 0.526. The first-order valence-electron chi connectivity index (χ1n) is 9.26. The zero-order valence-electron chi connectivity index (χ0n) is 14.6. The Morgan fingerprint density at radius 1 is 1.31 bits per heavy atom. The lowest BCUT2D eigenvalue weighted by Gasteiger charge is -2.15. The summed E-state index contributed by atoms with van der Waals surface area (Å²) in [5.41, 5.74) is 3.31. The summed E-state index contributed by atoms with van der Waals surface area (Å²) in [4.78, 5) is 14.3. The van der Waals surface area contributed by atoms with Crippen molar-refractivity contribution >= 4 is 45.9 Å². The van der Waals surface area contributed by atoms with Crippen LogP contribution in [0.5, 0.6) is 0 Å². The fourth-order valence-corrected chi connectivity index (χ4v) is 5.45. The predicted molar refractivity (Wildman–Crippen MR) is 108 cm³/mol. The lowest BCUT2D eigenvalue weighted by molar-refractivity contribution is -0.137. The molecule has 2 fully saturated rings. The second kappa shape index (κ2) is 7.71. The number of anilines is 1. The van der Waals surface area contributed by atoms with E-state index in [-0.39, 0.29) is 17.8 Å². The van der Waals surface area contributed by atoms with Crippen molar-refractivity contribution in [1.82, 2.24) is 10.3 Å². The van der Waals surface area contributed by atoms with Crippen molar-refractivity contribution in [1.29, 1.82) is 0 Å². The second-order valence-electron chi connectivity index (χ2n) is 7.28. The SMILES string of the molecule is O=C(O)CCC1CSC(c2cc3cc(Cl)cc(NC4CCCC4)c3[nH]2)N1. The number of aliphatic carboxylic acids is 1. The summed E-state index contributed by atoms with van der Waals surface area (Å²) >= 11 is 8.17. The van der Waals surface area contributed by atoms with Gasteiger partial charge in [0.25, 0.3) is 0 Å². The minimum absolute atomic E-state index is 0.166. The van der Waals surface area contributed by atoms with E-state index in [1.165, 1.54) is 25.7 Å². The molecule has 0 bridgehead atoms. The van der Waals surface area contributed by atoms with Gasteiger partial charge in [0.2, 0.25) is 0 Å². The van der Waals surface area contributed by atoms with Crippen LogP contribution in [0.25, 0.3) is 10.9 Å². The van der Waals surface area contributed by atoms with Crippen molar-refractivity contribution in [2.45, 2.75) is 56.0 Å². The van der Waals surface area contributed by atoms with Gasteiger partial charge in [-0.05, 0) is 37.5 Å². The van der Waals surface area contributed by atoms with Crippen molar-refractivity contribution in [3.05, 3.63) is 28.9 Å². The predicted octanol–water partition coefficient (Wildman–Crippen LogP) is 4.74. The van der Waals surface area contributed by atoms with E-state index >= 15 is 0 Å². The maximum atomic E-state index is 10.8. The quantitative estimate of drug-likeness (QED) is 0.570. The van der Waals surface area contributed by atoms with E-state index in [1.807, 2.05) is 23.9 Å². The Balaban J connectivity index is 1.52. The summed E-state index contributed by atoms with van der Waals surface area (Å²) in [6, 6.07) is 6.94. The smallest absolute Gasteiger partial charge is 0.303 e. The summed E-state index contributed by atoms with van der Waals surface area (Å²) in [6.45, 7) is 0. The van der Waals surface area contributed by atoms with Gasteiger partial charge in [0.1, 0.15) is 0 Å². The number of benzene rings is 1. The molecule has 1 aliphatic carbocycles. The minimum atomic E-state index is -0.733. The number of hydrogen-bond donors (Lipinski definition) is 4. The normalized spacial score (nSPS) is 23.7. The molecule has 2 unspecified atom stereocenters. The maximum absolute atomic E-state index is 10.8. The molecule has 2 aliphatic rings. The van der Waals surface area contributed by atoms with Gasteiger partial charge in [-0.15, -0.1) is 11.8 Å². The van der Waals surface area contributed by atoms with Gasteiger partial charge in [0.05, 0.1) is 16.6 Å². The third-order valence-electron chi connectivity index (χ3n) is 5.27. The molecule has 0 spiro atoms. The van der Waals surface area contributed by atoms with Crippen LogP contribution in [0.1, 0.15) is 49.6 Å². The fourth-order valence-electron chi connectivity index (χ4n) is 3.94. The minimum Gasteiger partial charge on any atom is -0.481 e. The number of thioether (sulfide) groups is 1. The number of rotatable bonds is 6. The molecule has 140 valence electrons. The Kier molecular flexibility index (Phi) is 5.34. The number of carbonyl (C=O) groups is 1. The highest BCUT2D eigenvalue weighted by atomic mass is 35.5. The summed E-state index contributed by atoms with van der Waals surface area (Å²) < 4.78 is 0. The van der Waals surface area contributed by atoms with E-state index in [1.54, 1.807) is 0 Å². The van der Waals surface area contributed by atoms with Gasteiger partial charge in [-0.2, -0.15) is 0 Å². The first-order valence-corrected chi connectivity index (χ1v) is 10.7. The topological polar surface area (TPSA) is 77.2 Å². The van der Waals surface area contributed by atoms with Gasteiger partial charge in [-0.3, -0.25) is 10.1 Å². The standard InChI is InChI=1S/C19H24ClN3O2S/c20-12-7-11-8-16(19-22-14(10-26-19)5-6-17(24)25)23-18(11)15(9-12)21-13-3-1-2-4-13/h7-9,13-14,19,21-23H,1-6,10H2,(H,24,25). The summed E-state index contributed by atoms with van der Waals surface area (Å²) in [5, 5.41) is 18.1. The second-order valence-corrected chi connectivity index (χ2v) is 8.85. The van der Waals surface area contributed by atoms with Crippen molar-refractivity contribution < 1.29 is 9.90 Å². The number of fused-ring (bicyclic) bond motifs is 1. The van der Waals surface area contributed by atoms with Crippen LogP contribution in [0.2, 0.25) is 5.02 Å². The average Bonchev–Trinajstić information content (AvgIpc) is 3.32. The third kappa shape index (κ3) is 3.97. The van der Waals surface area contributed by atoms with Crippen LogP contribution >= 0.6 is 23.4 Å². The van der Waals surface area contributed by atoms with Crippen molar-refractivity contribution in [2.75, 3.05) is 11.1 Å². The lowest BCUT2D eigenvalue weighted by atomic mass is 10.2. The molecule has 2 heterocycles. The lowest BCUT2D eigenvalue weighted by Crippen LogP contribution is -2.26. The Morgan fingerprint density at radius 3 is 2.88 bits per heavy atom. The number of halogens is 1. The first kappa shape index (κ1) is 18.0. The largest absolute Gasteiger partial charge is 0.481 e. The van der Waals surface area contributed by atoms with Gasteiger partial charge in [0, 0.05) is 40.4 Å². The number of nitrogens with one attached hydrogen (secondary N) is 3. The molecule has 4 rings (SSSR count). The highest BCUT2D eigenvalue weighted by molar-refractivity contribution is 7.99. The molecule has 2 aromatic rings. The van der Waals surface area contributed by atoms with Crippen molar-refractivity contribution in [2.24, 2.45) is 0 Å². The zero-order valence-corrected chi connectivity index (χ0v) is 16.1. The van der Waals surface area contributed by atoms with Crippen LogP contribution in [0.15, 0.2) is 18.2 Å². The molecular weight excluding hydrogens is 370 g/mol. The van der Waals surface area contributed by atoms with Gasteiger partial charge in [-0.25, -0.2) is 0 Å². The maximum Gasteiger partial charge on any atom is 0.303 e. The van der Waals surface area contributed by atoms with Gasteiger partial charge < -0.3 is 15.4 Å². The van der Waals surface area contributed by atoms with Crippen LogP contribution < -0.4 is 10.6 Å². The molecule has 0 radical (unpaired) electrons. The molecule has 2 atom stereocenters. The van der Waals surface area contributed by atoms with Crippen molar-refractivity contribution in [3.8, 4) is 0 Å². The molecule has 5 nitrogen and oxygen atoms in total. The van der Waals surface area contributed by atoms with E-state index in [0.717, 1.165) is 33.1 Å². The molecular formula is C19H24ClN3O2S. The summed E-state index contributed by atoms with van der Waals surface area (Å²) in [6.07, 6.45) is 5.89. The van der Waals surface area contributed by atoms with E-state index in [2.05, 4.69) is 21.7 Å². The number of H-pyrrole nitrogens is 1. The van der Waals surface area contributed by atoms with Gasteiger partial charge in [-0.1, -0.05) is 24.4 Å². The third-order valence-corrected chi connectivity index (χ3v) is 6.81. The molecule has 0 amide bonds. The Morgan fingerprint density at radius 2 is 2.12 bits per heavy atom. The number of carboxylic acids is 1. The monoisotopic (exact) mass is 393 g/mol. The van der Waals surface area contributed by atoms with E-state index < -0.39 is 5.97 Å². The zero-order chi connectivity index (χ0) is 18.1. The first-order chi connectivity index (χ1) is 12.6. The molecule has 4 N–H and O–H groups in total. The van der Waals surface area contributed by atoms with E-state index in [4.69, 9.17) is 16.7 Å². The van der Waals surface area contributed by atoms with Crippen molar-refractivity contribution in [3.63, 3.8) is 0 Å². The number of hydrogen-bond acceptors (Lipinski definition) is 4. The summed E-state index contributed by atoms with van der Waals surface area (Å²) in [5.74, 6) is 0.199. The molecule has 26 heavy (non-hydrogen) atoms. The molecule has 7 heteroatoms. The number of aromatic nitrogens is 1. The van der Waals surface area contributed by atoms with Gasteiger partial charge >= 0.3 is 5.97 Å². The van der Waals surface area contributed by atoms with Crippen LogP contribution in [-0.4, -0.2) is 33.9 Å². The molecule has 1 saturated carbocycles. The van der Waals surface area contributed by atoms with Gasteiger partial charge in [0.15, 0.2) is 0 Å². The number of carboxylic acid groups (broad SMARTS) is 1. The highest BCUT2D eigenvalue weighted by Crippen LogP contribution is 2.38. The Hall–Kier alpha value is -1.37. The van der Waals surface area contributed by atoms with Crippen LogP contribution in [-0.2, 0) is 4.79 Å². The van der Waals surface area contributed by atoms with E-state index in [9.17, 15) is 4.79 Å².